The molecule has 0 spiro atoms. The summed E-state index contributed by atoms with van der Waals surface area (Å²) < 4.78 is 7.16. The predicted molar refractivity (Wildman–Crippen MR) is 127 cm³/mol. The van der Waals surface area contributed by atoms with Crippen LogP contribution in [0.4, 0.5) is 0 Å². The number of thiophene rings is 1. The lowest BCUT2D eigenvalue weighted by molar-refractivity contribution is 0.0935. The van der Waals surface area contributed by atoms with E-state index in [0.717, 1.165) is 33.5 Å². The second-order valence-corrected chi connectivity index (χ2v) is 10.1. The number of benzene rings is 2. The van der Waals surface area contributed by atoms with E-state index in [-0.39, 0.29) is 22.7 Å². The molecule has 1 saturated heterocycles. The number of amides is 1. The molecule has 9 heteroatoms. The van der Waals surface area contributed by atoms with Crippen molar-refractivity contribution in [3.05, 3.63) is 79.7 Å². The van der Waals surface area contributed by atoms with Crippen LogP contribution in [-0.2, 0) is 6.61 Å². The largest absolute Gasteiger partial charge is 0.488 e. The first-order valence-electron chi connectivity index (χ1n) is 10.3. The van der Waals surface area contributed by atoms with E-state index >= 15 is 0 Å². The summed E-state index contributed by atoms with van der Waals surface area (Å²) in [5, 5.41) is 11.7. The topological polar surface area (TPSA) is 87.3 Å². The first-order chi connectivity index (χ1) is 15.5. The van der Waals surface area contributed by atoms with Gasteiger partial charge in [0.1, 0.15) is 17.4 Å². The van der Waals surface area contributed by atoms with Crippen molar-refractivity contribution >= 4 is 38.7 Å². The van der Waals surface area contributed by atoms with Crippen molar-refractivity contribution in [1.82, 2.24) is 20.4 Å². The molecule has 1 aliphatic rings. The van der Waals surface area contributed by atoms with Crippen LogP contribution >= 0.6 is 22.7 Å². The van der Waals surface area contributed by atoms with Crippen LogP contribution in [0.25, 0.3) is 10.1 Å². The molecule has 2 N–H and O–H groups in total. The molecule has 7 nitrogen and oxygen atoms in total. The minimum atomic E-state index is -0.175. The highest BCUT2D eigenvalue weighted by atomic mass is 32.1. The Morgan fingerprint density at radius 1 is 1.19 bits per heavy atom. The molecule has 1 amide bonds. The van der Waals surface area contributed by atoms with Crippen molar-refractivity contribution in [2.45, 2.75) is 18.6 Å². The van der Waals surface area contributed by atoms with Gasteiger partial charge in [0.15, 0.2) is 0 Å². The molecule has 2 aromatic carbocycles. The number of likely N-dealkylation sites (N-methyl/N-ethyl adjacent to an activating group) is 1. The quantitative estimate of drug-likeness (QED) is 0.455. The number of nitrogens with zero attached hydrogens (tertiary/aromatic N) is 2. The number of aromatic nitrogens is 2. The number of carbonyl (C=O) groups is 1. The van der Waals surface area contributed by atoms with Crippen molar-refractivity contribution in [2.75, 3.05) is 20.1 Å². The Kier molecular flexibility index (Phi) is 5.77. The van der Waals surface area contributed by atoms with E-state index in [1.54, 1.807) is 23.5 Å². The molecule has 164 valence electrons. The van der Waals surface area contributed by atoms with Crippen molar-refractivity contribution in [2.24, 2.45) is 0 Å². The molecule has 2 aromatic heterocycles. The van der Waals surface area contributed by atoms with E-state index in [2.05, 4.69) is 38.6 Å². The average Bonchev–Trinajstić information content (AvgIpc) is 3.50. The number of fused-ring (bicyclic) bond motifs is 1. The third-order valence-corrected chi connectivity index (χ3v) is 7.53. The van der Waals surface area contributed by atoms with Crippen LogP contribution in [0.15, 0.2) is 59.4 Å². The monoisotopic (exact) mass is 466 g/mol. The van der Waals surface area contributed by atoms with Gasteiger partial charge in [-0.3, -0.25) is 9.59 Å². The third-order valence-electron chi connectivity index (χ3n) is 5.56. The van der Waals surface area contributed by atoms with Crippen molar-refractivity contribution in [1.29, 1.82) is 0 Å². The maximum Gasteiger partial charge on any atom is 0.322 e. The van der Waals surface area contributed by atoms with Crippen LogP contribution in [0.2, 0.25) is 0 Å². The van der Waals surface area contributed by atoms with E-state index in [0.29, 0.717) is 18.7 Å². The number of hydrogen-bond acceptors (Lipinski definition) is 7. The third kappa shape index (κ3) is 4.45. The number of rotatable bonds is 6. The van der Waals surface area contributed by atoms with Gasteiger partial charge in [0.05, 0.1) is 6.04 Å². The number of aromatic amines is 1. The second kappa shape index (κ2) is 8.85. The Bertz CT molecular complexity index is 1260. The zero-order valence-corrected chi connectivity index (χ0v) is 19.0. The standard InChI is InChI=1S/C23H22N4O3S2/c1-27-11-18(22-25-26-23(29)32-22)19(12-27)24-21(28)14-6-8-16(9-7-14)30-13-17-10-15-4-2-3-5-20(15)31-17/h2-10,18-19H,11-13H2,1H3,(H,24,28)(H,26,29)/t18-,19+/m0/s1. The molecule has 4 aromatic rings. The molecule has 1 fully saturated rings. The van der Waals surface area contributed by atoms with Crippen molar-refractivity contribution in [3.63, 3.8) is 0 Å². The summed E-state index contributed by atoms with van der Waals surface area (Å²) >= 11 is 2.83. The first kappa shape index (κ1) is 20.9. The SMILES string of the molecule is CN1C[C@H](c2n[nH]c(=O)s2)[C@H](NC(=O)c2ccc(OCc3cc4ccccc4s3)cc2)C1. The zero-order valence-electron chi connectivity index (χ0n) is 17.4. The molecule has 0 aliphatic carbocycles. The summed E-state index contributed by atoms with van der Waals surface area (Å²) in [7, 11) is 2.00. The zero-order chi connectivity index (χ0) is 22.1. The molecular formula is C23H22N4O3S2. The molecular weight excluding hydrogens is 444 g/mol. The summed E-state index contributed by atoms with van der Waals surface area (Å²) in [4.78, 5) is 27.4. The molecule has 3 heterocycles. The number of nitrogens with one attached hydrogen (secondary N) is 2. The number of H-pyrrole nitrogens is 1. The fourth-order valence-electron chi connectivity index (χ4n) is 4.01. The predicted octanol–water partition coefficient (Wildman–Crippen LogP) is 3.45. The fourth-order valence-corrected chi connectivity index (χ4v) is 5.75. The van der Waals surface area contributed by atoms with Crippen LogP contribution in [0.1, 0.15) is 26.2 Å². The van der Waals surface area contributed by atoms with Gasteiger partial charge in [-0.2, -0.15) is 5.10 Å². The van der Waals surface area contributed by atoms with Gasteiger partial charge >= 0.3 is 4.87 Å². The Balaban J connectivity index is 1.21. The number of carbonyl (C=O) groups excluding carboxylic acids is 1. The Hall–Kier alpha value is -3.01. The summed E-state index contributed by atoms with van der Waals surface area (Å²) in [6.07, 6.45) is 0. The molecule has 0 radical (unpaired) electrons. The van der Waals surface area contributed by atoms with E-state index in [1.807, 2.05) is 31.3 Å². The van der Waals surface area contributed by atoms with Gasteiger partial charge in [-0.05, 0) is 48.8 Å². The number of hydrogen-bond donors (Lipinski definition) is 2. The number of ether oxygens (including phenoxy) is 1. The Morgan fingerprint density at radius 3 is 2.75 bits per heavy atom. The lowest BCUT2D eigenvalue weighted by Gasteiger charge is -2.18. The highest BCUT2D eigenvalue weighted by Gasteiger charge is 2.35. The van der Waals surface area contributed by atoms with E-state index in [9.17, 15) is 9.59 Å². The van der Waals surface area contributed by atoms with Gasteiger partial charge in [-0.15, -0.1) is 11.3 Å². The highest BCUT2D eigenvalue weighted by molar-refractivity contribution is 7.19. The summed E-state index contributed by atoms with van der Waals surface area (Å²) in [6.45, 7) is 1.95. The van der Waals surface area contributed by atoms with Gasteiger partial charge in [0.2, 0.25) is 0 Å². The summed E-state index contributed by atoms with van der Waals surface area (Å²) in [6, 6.07) is 17.5. The summed E-state index contributed by atoms with van der Waals surface area (Å²) in [5.74, 6) is 0.574. The fraction of sp³-hybridized carbons (Fsp3) is 0.261. The molecule has 32 heavy (non-hydrogen) atoms. The van der Waals surface area contributed by atoms with E-state index < -0.39 is 0 Å². The first-order valence-corrected chi connectivity index (χ1v) is 11.9. The smallest absolute Gasteiger partial charge is 0.322 e. The maximum absolute atomic E-state index is 12.8. The second-order valence-electron chi connectivity index (χ2n) is 7.92. The lowest BCUT2D eigenvalue weighted by atomic mass is 10.0. The van der Waals surface area contributed by atoms with Gasteiger partial charge < -0.3 is 15.0 Å². The van der Waals surface area contributed by atoms with E-state index in [1.165, 1.54) is 10.1 Å². The summed E-state index contributed by atoms with van der Waals surface area (Å²) in [5.41, 5.74) is 0.572. The molecule has 2 atom stereocenters. The van der Waals surface area contributed by atoms with Crippen molar-refractivity contribution in [3.8, 4) is 5.75 Å². The van der Waals surface area contributed by atoms with Crippen LogP contribution < -0.4 is 14.9 Å². The molecule has 5 rings (SSSR count). The Morgan fingerprint density at radius 2 is 2.00 bits per heavy atom. The average molecular weight is 467 g/mol. The maximum atomic E-state index is 12.8. The number of likely N-dealkylation sites (tertiary alicyclic amines) is 1. The molecule has 0 saturated carbocycles. The lowest BCUT2D eigenvalue weighted by Crippen LogP contribution is -2.39. The normalized spacial score (nSPS) is 18.8. The molecule has 0 unspecified atom stereocenters. The van der Waals surface area contributed by atoms with Gasteiger partial charge in [0.25, 0.3) is 5.91 Å². The Labute approximate surface area is 192 Å². The van der Waals surface area contributed by atoms with E-state index in [4.69, 9.17) is 4.74 Å². The van der Waals surface area contributed by atoms with Crippen LogP contribution in [0.5, 0.6) is 5.75 Å². The van der Waals surface area contributed by atoms with Crippen LogP contribution in [-0.4, -0.2) is 47.2 Å². The van der Waals surface area contributed by atoms with Crippen LogP contribution in [0, 0.1) is 0 Å². The van der Waals surface area contributed by atoms with Crippen LogP contribution in [0.3, 0.4) is 0 Å². The van der Waals surface area contributed by atoms with Gasteiger partial charge in [-0.25, -0.2) is 5.10 Å². The minimum absolute atomic E-state index is 0.00295. The minimum Gasteiger partial charge on any atom is -0.488 e. The van der Waals surface area contributed by atoms with Gasteiger partial charge in [-0.1, -0.05) is 29.5 Å². The molecule has 0 bridgehead atoms. The highest BCUT2D eigenvalue weighted by Crippen LogP contribution is 2.28. The van der Waals surface area contributed by atoms with Gasteiger partial charge in [0, 0.05) is 34.1 Å². The van der Waals surface area contributed by atoms with Crippen molar-refractivity contribution < 1.29 is 9.53 Å². The molecule has 1 aliphatic heterocycles.